The molecule has 18 nitrogen and oxygen atoms in total. The van der Waals surface area contributed by atoms with Gasteiger partial charge >= 0.3 is 5.97 Å². The zero-order valence-electron chi connectivity index (χ0n) is 26.3. The number of hydrogen-bond acceptors (Lipinski definition) is 9. The fourth-order valence-corrected chi connectivity index (χ4v) is 3.82. The summed E-state index contributed by atoms with van der Waals surface area (Å²) in [5.41, 5.74) is 24.8. The van der Waals surface area contributed by atoms with Crippen molar-refractivity contribution in [1.82, 2.24) is 0 Å². The van der Waals surface area contributed by atoms with Crippen LogP contribution in [-0.4, -0.2) is 116 Å². The summed E-state index contributed by atoms with van der Waals surface area (Å²) in [7, 11) is 0. The molecule has 0 aromatic heterocycles. The Morgan fingerprint density at radius 1 is 0.653 bits per heavy atom. The highest BCUT2D eigenvalue weighted by molar-refractivity contribution is 6.31. The van der Waals surface area contributed by atoms with Crippen molar-refractivity contribution in [2.45, 2.75) is 56.2 Å². The molecule has 2 aromatic carbocycles. The van der Waals surface area contributed by atoms with E-state index in [1.165, 1.54) is 0 Å². The number of carbonyl (C=O) groups is 1. The topological polar surface area (TPSA) is 336 Å². The number of guanidine groups is 4. The summed E-state index contributed by atoms with van der Waals surface area (Å²) in [6, 6.07) is 14.1. The van der Waals surface area contributed by atoms with Crippen LogP contribution >= 0.6 is 23.2 Å². The van der Waals surface area contributed by atoms with E-state index in [1.54, 1.807) is 48.5 Å². The van der Waals surface area contributed by atoms with Crippen LogP contribution in [0.2, 0.25) is 10.0 Å². The zero-order valence-corrected chi connectivity index (χ0v) is 27.9. The van der Waals surface area contributed by atoms with Gasteiger partial charge in [0, 0.05) is 34.5 Å². The Morgan fingerprint density at radius 3 is 1.39 bits per heavy atom. The van der Waals surface area contributed by atoms with Crippen LogP contribution in [0.5, 0.6) is 0 Å². The van der Waals surface area contributed by atoms with Gasteiger partial charge in [-0.15, -0.1) is 0 Å². The number of unbranched alkanes of at least 4 members (excludes halogenated alkanes) is 3. The minimum absolute atomic E-state index is 0.124. The van der Waals surface area contributed by atoms with Gasteiger partial charge in [-0.2, -0.15) is 9.98 Å². The van der Waals surface area contributed by atoms with Crippen LogP contribution in [0, 0.1) is 0 Å². The first-order chi connectivity index (χ1) is 23.1. The van der Waals surface area contributed by atoms with Crippen LogP contribution in [-0.2, 0) is 4.79 Å². The number of carboxylic acid groups (broad SMARTS) is 1. The average molecular weight is 732 g/mol. The van der Waals surface area contributed by atoms with Gasteiger partial charge in [0.1, 0.15) is 24.4 Å². The first-order valence-electron chi connectivity index (χ1n) is 14.7. The lowest BCUT2D eigenvalue weighted by molar-refractivity contribution is -0.169. The third-order valence-electron chi connectivity index (χ3n) is 6.17. The second-order valence-corrected chi connectivity index (χ2v) is 11.0. The number of benzene rings is 2. The monoisotopic (exact) mass is 730 g/mol. The van der Waals surface area contributed by atoms with E-state index in [-0.39, 0.29) is 23.8 Å². The van der Waals surface area contributed by atoms with Gasteiger partial charge in [-0.25, -0.2) is 4.79 Å². The van der Waals surface area contributed by atoms with Crippen molar-refractivity contribution >= 4 is 64.4 Å². The second-order valence-electron chi connectivity index (χ2n) is 10.2. The number of rotatable bonds is 15. The van der Waals surface area contributed by atoms with E-state index in [4.69, 9.17) is 81.9 Å². The quantitative estimate of drug-likeness (QED) is 0.0606. The predicted octanol–water partition coefficient (Wildman–Crippen LogP) is -0.796. The Bertz CT molecular complexity index is 1310. The van der Waals surface area contributed by atoms with Gasteiger partial charge in [0.2, 0.25) is 23.8 Å². The largest absolute Gasteiger partial charge is 0.479 e. The van der Waals surface area contributed by atoms with E-state index >= 15 is 0 Å². The Balaban J connectivity index is 0.000000673. The lowest BCUT2D eigenvalue weighted by Gasteiger charge is -2.26. The fraction of sp³-hybridized carbons (Fsp3) is 0.414. The van der Waals surface area contributed by atoms with Crippen molar-refractivity contribution in [2.24, 2.45) is 42.9 Å². The molecular weight excluding hydrogens is 687 g/mol. The van der Waals surface area contributed by atoms with Crippen LogP contribution in [0.4, 0.5) is 11.4 Å². The smallest absolute Gasteiger partial charge is 0.335 e. The zero-order chi connectivity index (χ0) is 36.9. The molecule has 0 aliphatic heterocycles. The molecule has 0 spiro atoms. The van der Waals surface area contributed by atoms with Crippen LogP contribution in [0.3, 0.4) is 0 Å². The first kappa shape index (κ1) is 42.8. The highest BCUT2D eigenvalue weighted by Crippen LogP contribution is 2.14. The van der Waals surface area contributed by atoms with E-state index in [0.717, 1.165) is 37.1 Å². The summed E-state index contributed by atoms with van der Waals surface area (Å²) in [5.74, 6) is -1.22. The Hall–Kier alpha value is -4.27. The Labute approximate surface area is 292 Å². The van der Waals surface area contributed by atoms with E-state index in [1.807, 2.05) is 0 Å². The standard InChI is InChI=1S/C22H30Cl2N10.C7H14O8/c23-15-5-9-17(10-6-15)31-21(27)33-19(25)29-13-3-1-2-4-14-30-20(26)34-22(28)32-18-11-7-16(24)8-12-18;8-1-2(9)3(10)4(11)5(12)6(13)7(14)15/h5-12H,1-4,13-14H2,(H5,25,27,29,31,33)(H5,26,28,30,32,34);2-6,8-13H,1H2,(H,14,15)/t;2-,3+,4-,5-,6-/m.1/s1. The number of aliphatic carboxylic acids is 1. The molecule has 20 heteroatoms. The van der Waals surface area contributed by atoms with Gasteiger partial charge in [-0.05, 0) is 61.4 Å². The molecule has 49 heavy (non-hydrogen) atoms. The van der Waals surface area contributed by atoms with Crippen molar-refractivity contribution in [3.63, 3.8) is 0 Å². The number of halogens is 2. The molecule has 0 saturated heterocycles. The Morgan fingerprint density at radius 2 is 1.04 bits per heavy atom. The van der Waals surface area contributed by atoms with Crippen molar-refractivity contribution in [3.8, 4) is 0 Å². The third kappa shape index (κ3) is 18.2. The Kier molecular flexibility index (Phi) is 20.2. The first-order valence-corrected chi connectivity index (χ1v) is 15.5. The van der Waals surface area contributed by atoms with Crippen molar-refractivity contribution < 1.29 is 40.5 Å². The molecule has 0 aliphatic carbocycles. The molecule has 5 atom stereocenters. The summed E-state index contributed by atoms with van der Waals surface area (Å²) < 4.78 is 0. The maximum Gasteiger partial charge on any atom is 0.335 e. The van der Waals surface area contributed by atoms with Crippen molar-refractivity contribution in [1.29, 1.82) is 0 Å². The molecule has 0 saturated carbocycles. The van der Waals surface area contributed by atoms with Crippen molar-refractivity contribution in [2.75, 3.05) is 30.3 Å². The molecule has 272 valence electrons. The minimum atomic E-state index is -2.29. The highest BCUT2D eigenvalue weighted by atomic mass is 35.5. The van der Waals surface area contributed by atoms with Gasteiger partial charge in [0.15, 0.2) is 6.10 Å². The van der Waals surface area contributed by atoms with Gasteiger partial charge < -0.3 is 69.3 Å². The molecule has 0 bridgehead atoms. The third-order valence-corrected chi connectivity index (χ3v) is 6.68. The van der Waals surface area contributed by atoms with E-state index < -0.39 is 43.1 Å². The van der Waals surface area contributed by atoms with Crippen LogP contribution in [0.15, 0.2) is 68.5 Å². The number of aliphatic hydroxyl groups excluding tert-OH is 6. The average Bonchev–Trinajstić information content (AvgIpc) is 3.06. The van der Waals surface area contributed by atoms with Gasteiger partial charge in [0.25, 0.3) is 0 Å². The van der Waals surface area contributed by atoms with Crippen LogP contribution < -0.4 is 33.6 Å². The normalized spacial score (nSPS) is 15.7. The van der Waals surface area contributed by atoms with Gasteiger partial charge in [0.05, 0.1) is 6.61 Å². The summed E-state index contributed by atoms with van der Waals surface area (Å²) in [6.45, 7) is 0.242. The molecule has 0 heterocycles. The lowest BCUT2D eigenvalue weighted by atomic mass is 9.99. The number of hydrogen-bond donors (Lipinski definition) is 13. The summed E-state index contributed by atoms with van der Waals surface area (Å²) in [5, 5.41) is 68.7. The van der Waals surface area contributed by atoms with E-state index in [9.17, 15) is 4.79 Å². The maximum absolute atomic E-state index is 10.2. The van der Waals surface area contributed by atoms with Crippen LogP contribution in [0.1, 0.15) is 25.7 Å². The van der Waals surface area contributed by atoms with Crippen molar-refractivity contribution in [3.05, 3.63) is 58.6 Å². The summed E-state index contributed by atoms with van der Waals surface area (Å²) in [4.78, 5) is 26.7. The number of nitrogens with one attached hydrogen (secondary N) is 2. The second kappa shape index (κ2) is 23.1. The highest BCUT2D eigenvalue weighted by Gasteiger charge is 2.36. The van der Waals surface area contributed by atoms with Crippen LogP contribution in [0.25, 0.3) is 0 Å². The number of aliphatic hydroxyl groups is 6. The molecule has 0 aliphatic rings. The summed E-state index contributed by atoms with van der Waals surface area (Å²) in [6.07, 6.45) is -6.56. The number of aliphatic imine (C=N–C) groups is 4. The van der Waals surface area contributed by atoms with Gasteiger partial charge in [-0.1, -0.05) is 36.0 Å². The number of nitrogens with zero attached hydrogens (tertiary/aromatic N) is 4. The lowest BCUT2D eigenvalue weighted by Crippen LogP contribution is -2.51. The minimum Gasteiger partial charge on any atom is -0.479 e. The molecule has 0 amide bonds. The fourth-order valence-electron chi connectivity index (χ4n) is 3.57. The molecule has 2 aromatic rings. The summed E-state index contributed by atoms with van der Waals surface area (Å²) >= 11 is 11.7. The molecule has 0 unspecified atom stereocenters. The predicted molar refractivity (Wildman–Crippen MR) is 190 cm³/mol. The molecule has 0 radical (unpaired) electrons. The number of carboxylic acids is 1. The number of nitrogens with two attached hydrogens (primary N) is 4. The van der Waals surface area contributed by atoms with E-state index in [0.29, 0.717) is 23.1 Å². The molecule has 0 fully saturated rings. The van der Waals surface area contributed by atoms with Gasteiger partial charge in [-0.3, -0.25) is 9.98 Å². The maximum atomic E-state index is 10.2. The number of anilines is 2. The molecule has 2 rings (SSSR count). The molecule has 17 N–H and O–H groups in total. The van der Waals surface area contributed by atoms with E-state index in [2.05, 4.69) is 30.6 Å². The molecular formula is C29H44Cl2N10O8. The SMILES string of the molecule is NC(=NCCCCCCN=C(N)N=C(N)Nc1ccc(Cl)cc1)N=C(N)Nc1ccc(Cl)cc1.O=C(O)[C@H](O)[C@H](O)[C@H](O)[C@@H](O)[C@H](O)CO.